The van der Waals surface area contributed by atoms with Gasteiger partial charge in [-0.2, -0.15) is 0 Å². The Hall–Kier alpha value is -3.38. The molecule has 3 aromatic rings. The molecule has 2 aromatic carbocycles. The summed E-state index contributed by atoms with van der Waals surface area (Å²) in [4.78, 5) is 26.5. The third-order valence-electron chi connectivity index (χ3n) is 4.76. The van der Waals surface area contributed by atoms with Crippen molar-refractivity contribution in [3.05, 3.63) is 93.8 Å². The van der Waals surface area contributed by atoms with Crippen molar-refractivity contribution >= 4 is 29.2 Å². The van der Waals surface area contributed by atoms with E-state index in [0.29, 0.717) is 11.3 Å². The molecule has 0 aliphatic rings. The fourth-order valence-electron chi connectivity index (χ4n) is 3.01. The van der Waals surface area contributed by atoms with E-state index in [1.54, 1.807) is 37.5 Å². The van der Waals surface area contributed by atoms with Crippen LogP contribution in [-0.4, -0.2) is 25.0 Å². The smallest absolute Gasteiger partial charge is 0.268 e. The van der Waals surface area contributed by atoms with Gasteiger partial charge in [-0.05, 0) is 67.1 Å². The van der Waals surface area contributed by atoms with E-state index in [-0.39, 0.29) is 23.6 Å². The molecule has 0 fully saturated rings. The van der Waals surface area contributed by atoms with Crippen LogP contribution in [0.3, 0.4) is 0 Å². The average Bonchev–Trinajstić information content (AvgIpc) is 3.31. The number of ether oxygens (including phenoxy) is 1. The molecule has 0 bridgehead atoms. The maximum Gasteiger partial charge on any atom is 0.268 e. The predicted octanol–water partition coefficient (Wildman–Crippen LogP) is 4.67. The standard InChI is InChI=1S/C25H26N2O3S/c1-18(10-11-19-7-4-3-5-8-19)26-25(29)23(17-22-9-6-16-31-22)27-24(28)20-12-14-21(30-2)15-13-20/h3-9,12-18H,10-11H2,1-2H3,(H,26,29)(H,27,28)/b23-17-. The van der Waals surface area contributed by atoms with Gasteiger partial charge in [0, 0.05) is 16.5 Å². The van der Waals surface area contributed by atoms with Crippen molar-refractivity contribution in [1.82, 2.24) is 10.6 Å². The van der Waals surface area contributed by atoms with Crippen molar-refractivity contribution in [2.45, 2.75) is 25.8 Å². The largest absolute Gasteiger partial charge is 0.497 e. The number of carbonyl (C=O) groups excluding carboxylic acids is 2. The number of carbonyl (C=O) groups is 2. The van der Waals surface area contributed by atoms with E-state index in [9.17, 15) is 9.59 Å². The Morgan fingerprint density at radius 3 is 2.42 bits per heavy atom. The van der Waals surface area contributed by atoms with E-state index in [1.165, 1.54) is 16.9 Å². The summed E-state index contributed by atoms with van der Waals surface area (Å²) in [6, 6.07) is 20.7. The molecule has 5 nitrogen and oxygen atoms in total. The summed E-state index contributed by atoms with van der Waals surface area (Å²) in [7, 11) is 1.57. The maximum absolute atomic E-state index is 12.9. The SMILES string of the molecule is COc1ccc(C(=O)N/C(=C\c2cccs2)C(=O)NC(C)CCc2ccccc2)cc1. The highest BCUT2D eigenvalue weighted by Crippen LogP contribution is 2.15. The van der Waals surface area contributed by atoms with Gasteiger partial charge in [0.05, 0.1) is 7.11 Å². The lowest BCUT2D eigenvalue weighted by molar-refractivity contribution is -0.118. The van der Waals surface area contributed by atoms with E-state index in [1.807, 2.05) is 42.6 Å². The summed E-state index contributed by atoms with van der Waals surface area (Å²) in [6.07, 6.45) is 3.37. The molecule has 2 amide bonds. The van der Waals surface area contributed by atoms with Gasteiger partial charge in [-0.1, -0.05) is 36.4 Å². The minimum Gasteiger partial charge on any atom is -0.497 e. The third kappa shape index (κ3) is 6.83. The number of thiophene rings is 1. The highest BCUT2D eigenvalue weighted by molar-refractivity contribution is 7.10. The quantitative estimate of drug-likeness (QED) is 0.481. The minimum atomic E-state index is -0.349. The number of amides is 2. The summed E-state index contributed by atoms with van der Waals surface area (Å²) < 4.78 is 5.13. The molecular weight excluding hydrogens is 408 g/mol. The van der Waals surface area contributed by atoms with Crippen molar-refractivity contribution in [1.29, 1.82) is 0 Å². The second-order valence-corrected chi connectivity index (χ2v) is 8.13. The Bertz CT molecular complexity index is 1010. The monoisotopic (exact) mass is 434 g/mol. The molecule has 0 spiro atoms. The molecule has 3 rings (SSSR count). The van der Waals surface area contributed by atoms with Gasteiger partial charge in [-0.3, -0.25) is 9.59 Å². The van der Waals surface area contributed by atoms with Gasteiger partial charge in [0.1, 0.15) is 11.4 Å². The van der Waals surface area contributed by atoms with Gasteiger partial charge < -0.3 is 15.4 Å². The molecule has 0 radical (unpaired) electrons. The fourth-order valence-corrected chi connectivity index (χ4v) is 3.67. The van der Waals surface area contributed by atoms with Crippen LogP contribution >= 0.6 is 11.3 Å². The minimum absolute atomic E-state index is 0.0441. The number of methoxy groups -OCH3 is 1. The summed E-state index contributed by atoms with van der Waals surface area (Å²) in [5, 5.41) is 7.69. The molecule has 0 aliphatic carbocycles. The molecule has 1 atom stereocenters. The van der Waals surface area contributed by atoms with Gasteiger partial charge in [0.2, 0.25) is 0 Å². The summed E-state index contributed by atoms with van der Waals surface area (Å²) in [6.45, 7) is 1.97. The van der Waals surface area contributed by atoms with Crippen molar-refractivity contribution < 1.29 is 14.3 Å². The van der Waals surface area contributed by atoms with E-state index in [0.717, 1.165) is 17.7 Å². The lowest BCUT2D eigenvalue weighted by atomic mass is 10.1. The van der Waals surface area contributed by atoms with Crippen LogP contribution in [0.4, 0.5) is 0 Å². The molecule has 6 heteroatoms. The molecule has 0 saturated carbocycles. The Labute approximate surface area is 186 Å². The Kier molecular flexibility index (Phi) is 8.01. The number of hydrogen-bond acceptors (Lipinski definition) is 4. The Morgan fingerprint density at radius 1 is 1.03 bits per heavy atom. The van der Waals surface area contributed by atoms with E-state index < -0.39 is 0 Å². The topological polar surface area (TPSA) is 67.4 Å². The third-order valence-corrected chi connectivity index (χ3v) is 5.58. The second kappa shape index (κ2) is 11.1. The molecule has 0 aliphatic heterocycles. The van der Waals surface area contributed by atoms with Crippen LogP contribution < -0.4 is 15.4 Å². The highest BCUT2D eigenvalue weighted by atomic mass is 32.1. The van der Waals surface area contributed by atoms with Crippen LogP contribution in [0.25, 0.3) is 6.08 Å². The van der Waals surface area contributed by atoms with Gasteiger partial charge in [-0.25, -0.2) is 0 Å². The van der Waals surface area contributed by atoms with Gasteiger partial charge in [0.25, 0.3) is 11.8 Å². The van der Waals surface area contributed by atoms with Crippen molar-refractivity contribution in [3.8, 4) is 5.75 Å². The summed E-state index contributed by atoms with van der Waals surface area (Å²) >= 11 is 1.50. The van der Waals surface area contributed by atoms with Crippen LogP contribution in [-0.2, 0) is 11.2 Å². The van der Waals surface area contributed by atoms with Crippen molar-refractivity contribution in [2.24, 2.45) is 0 Å². The number of hydrogen-bond donors (Lipinski definition) is 2. The van der Waals surface area contributed by atoms with Gasteiger partial charge in [-0.15, -0.1) is 11.3 Å². The Morgan fingerprint density at radius 2 is 1.77 bits per heavy atom. The molecule has 160 valence electrons. The molecule has 31 heavy (non-hydrogen) atoms. The van der Waals surface area contributed by atoms with Gasteiger partial charge in [0.15, 0.2) is 0 Å². The molecule has 1 unspecified atom stereocenters. The number of aryl methyl sites for hydroxylation is 1. The lowest BCUT2D eigenvalue weighted by Crippen LogP contribution is -2.39. The van der Waals surface area contributed by atoms with E-state index in [4.69, 9.17) is 4.74 Å². The first-order chi connectivity index (χ1) is 15.0. The lowest BCUT2D eigenvalue weighted by Gasteiger charge is -2.16. The van der Waals surface area contributed by atoms with Crippen LogP contribution in [0, 0.1) is 0 Å². The van der Waals surface area contributed by atoms with E-state index in [2.05, 4.69) is 22.8 Å². The number of benzene rings is 2. The second-order valence-electron chi connectivity index (χ2n) is 7.15. The van der Waals surface area contributed by atoms with Crippen molar-refractivity contribution in [2.75, 3.05) is 7.11 Å². The zero-order valence-corrected chi connectivity index (χ0v) is 18.4. The molecule has 1 heterocycles. The van der Waals surface area contributed by atoms with Gasteiger partial charge >= 0.3 is 0 Å². The van der Waals surface area contributed by atoms with E-state index >= 15 is 0 Å². The van der Waals surface area contributed by atoms with Crippen LogP contribution in [0.5, 0.6) is 5.75 Å². The summed E-state index contributed by atoms with van der Waals surface area (Å²) in [5.74, 6) is 0.00394. The van der Waals surface area contributed by atoms with Crippen LogP contribution in [0.1, 0.15) is 34.1 Å². The molecule has 2 N–H and O–H groups in total. The first-order valence-electron chi connectivity index (χ1n) is 10.1. The average molecular weight is 435 g/mol. The number of nitrogens with one attached hydrogen (secondary N) is 2. The number of rotatable bonds is 9. The van der Waals surface area contributed by atoms with Crippen LogP contribution in [0.2, 0.25) is 0 Å². The fraction of sp³-hybridized carbons (Fsp3) is 0.200. The first-order valence-corrected chi connectivity index (χ1v) is 11.0. The summed E-state index contributed by atoms with van der Waals surface area (Å²) in [5.41, 5.74) is 1.89. The predicted molar refractivity (Wildman–Crippen MR) is 125 cm³/mol. The first kappa shape index (κ1) is 22.3. The van der Waals surface area contributed by atoms with Crippen molar-refractivity contribution in [3.63, 3.8) is 0 Å². The zero-order valence-electron chi connectivity index (χ0n) is 17.6. The molecular formula is C25H26N2O3S. The maximum atomic E-state index is 12.9. The normalized spacial score (nSPS) is 12.1. The molecule has 1 aromatic heterocycles. The zero-order chi connectivity index (χ0) is 22.1. The van der Waals surface area contributed by atoms with Crippen LogP contribution in [0.15, 0.2) is 77.8 Å². The Balaban J connectivity index is 1.67. The highest BCUT2D eigenvalue weighted by Gasteiger charge is 2.17. The molecule has 0 saturated heterocycles.